The van der Waals surface area contributed by atoms with Crippen LogP contribution in [0.3, 0.4) is 0 Å². The zero-order valence-corrected chi connectivity index (χ0v) is 28.0. The van der Waals surface area contributed by atoms with Crippen LogP contribution < -0.4 is 11.1 Å². The van der Waals surface area contributed by atoms with Gasteiger partial charge in [0.25, 0.3) is 0 Å². The molecule has 274 valence electrons. The summed E-state index contributed by atoms with van der Waals surface area (Å²) < 4.78 is 18.0. The number of nitrogens with two attached hydrogens (primary N) is 1. The van der Waals surface area contributed by atoms with E-state index in [4.69, 9.17) is 19.9 Å². The molecular weight excluding hydrogens is 642 g/mol. The van der Waals surface area contributed by atoms with Gasteiger partial charge in [-0.1, -0.05) is 13.8 Å². The first-order chi connectivity index (χ1) is 23.2. The number of aliphatic hydroxyl groups excluding tert-OH is 3. The highest BCUT2D eigenvalue weighted by Crippen LogP contribution is 2.47. The van der Waals surface area contributed by atoms with Crippen LogP contribution in [0.5, 0.6) is 0 Å². The Labute approximate surface area is 285 Å². The van der Waals surface area contributed by atoms with E-state index in [2.05, 4.69) is 10.3 Å². The average Bonchev–Trinajstić information content (AvgIpc) is 3.58. The van der Waals surface area contributed by atoms with Crippen molar-refractivity contribution in [2.75, 3.05) is 13.1 Å². The number of fused-ring (bicyclic) bond motifs is 1. The quantitative estimate of drug-likeness (QED) is 0.0871. The van der Waals surface area contributed by atoms with E-state index < -0.39 is 84.6 Å². The first kappa shape index (κ1) is 37.8. The number of ether oxygens (including phenoxy) is 3. The standard InChI is InChI=1S/C34H51N3O12/c1-17(2)20(11-18-9-10-36-13-18)14-37-15-33(45)32(49-28(31(43)44)29(41)34(33,46)16-38)47-22-7-8-23-24(12-22)48-27(30(35)42)25(26(23)40)19-3-5-21(39)6-4-19/h9-10,13,16-17,19-29,32,37,39-41,45-46H,3-8,11-12,14-15H2,1-2H3,(H2-,35,42,43,44)/p+1/t19?,20-,21?,22?,23?,24?,25?,26?,27?,28-,29+,32+,33+,34-/m0/s1. The predicted octanol–water partition coefficient (Wildman–Crippen LogP) is -0.791. The van der Waals surface area contributed by atoms with E-state index in [1.54, 1.807) is 12.8 Å². The molecule has 2 saturated heterocycles. The molecule has 49 heavy (non-hydrogen) atoms. The van der Waals surface area contributed by atoms with Gasteiger partial charge in [-0.15, -0.1) is 4.99 Å². The van der Waals surface area contributed by atoms with Gasteiger partial charge in [0.05, 0.1) is 30.5 Å². The molecule has 12 atom stereocenters. The fourth-order valence-corrected chi connectivity index (χ4v) is 8.44. The van der Waals surface area contributed by atoms with E-state index in [0.717, 1.165) is 5.57 Å². The van der Waals surface area contributed by atoms with Crippen LogP contribution in [0.25, 0.3) is 0 Å². The number of carboxylic acids is 1. The number of primary amides is 1. The second kappa shape index (κ2) is 15.4. The molecule has 0 aromatic carbocycles. The molecule has 1 amide bonds. The van der Waals surface area contributed by atoms with Gasteiger partial charge in [-0.25, -0.2) is 4.79 Å². The number of rotatable bonds is 13. The summed E-state index contributed by atoms with van der Waals surface area (Å²) in [7, 11) is 0. The van der Waals surface area contributed by atoms with Crippen molar-refractivity contribution in [3.8, 4) is 0 Å². The Morgan fingerprint density at radius 1 is 1.12 bits per heavy atom. The number of nitrogens with zero attached hydrogens (tertiary/aromatic N) is 1. The third-order valence-corrected chi connectivity index (χ3v) is 11.6. The van der Waals surface area contributed by atoms with E-state index in [9.17, 15) is 45.0 Å². The third kappa shape index (κ3) is 7.60. The van der Waals surface area contributed by atoms with Crippen LogP contribution in [-0.2, 0) is 28.6 Å². The van der Waals surface area contributed by atoms with E-state index in [1.807, 2.05) is 19.9 Å². The van der Waals surface area contributed by atoms with Gasteiger partial charge in [0, 0.05) is 31.2 Å². The molecule has 6 unspecified atom stereocenters. The van der Waals surface area contributed by atoms with Gasteiger partial charge in [-0.05, 0) is 62.8 Å². The van der Waals surface area contributed by atoms with Crippen molar-refractivity contribution in [3.05, 3.63) is 18.2 Å². The second-order valence-electron chi connectivity index (χ2n) is 14.9. The Bertz CT molecular complexity index is 1260. The highest BCUT2D eigenvalue weighted by atomic mass is 16.7. The third-order valence-electron chi connectivity index (χ3n) is 11.6. The van der Waals surface area contributed by atoms with Gasteiger partial charge < -0.3 is 55.9 Å². The first-order valence-electron chi connectivity index (χ1n) is 17.4. The lowest BCUT2D eigenvalue weighted by atomic mass is 9.66. The number of hydrogen-bond acceptors (Lipinski definition) is 13. The van der Waals surface area contributed by atoms with Crippen LogP contribution in [0, 0.1) is 36.1 Å². The molecule has 5 rings (SSSR count). The van der Waals surface area contributed by atoms with Crippen LogP contribution >= 0.6 is 0 Å². The number of aliphatic imine (C=N–C) groups is 1. The Kier molecular flexibility index (Phi) is 11.9. The molecular formula is C34H52N3O12+. The van der Waals surface area contributed by atoms with Crippen molar-refractivity contribution < 1.29 is 59.2 Å². The van der Waals surface area contributed by atoms with Gasteiger partial charge in [0.15, 0.2) is 36.1 Å². The summed E-state index contributed by atoms with van der Waals surface area (Å²) in [4.78, 5) is 41.2. The van der Waals surface area contributed by atoms with Crippen molar-refractivity contribution in [1.29, 1.82) is 0 Å². The maximum absolute atomic E-state index is 12.6. The van der Waals surface area contributed by atoms with Crippen molar-refractivity contribution >= 4 is 24.4 Å². The number of amides is 1. The molecule has 5 aliphatic rings. The monoisotopic (exact) mass is 694 g/mol. The Morgan fingerprint density at radius 3 is 2.43 bits per heavy atom. The number of aliphatic carboxylic acids is 1. The van der Waals surface area contributed by atoms with Gasteiger partial charge in [0.1, 0.15) is 24.3 Å². The molecule has 0 spiro atoms. The first-order valence-corrected chi connectivity index (χ1v) is 17.4. The highest BCUT2D eigenvalue weighted by molar-refractivity contribution is 5.82. The van der Waals surface area contributed by atoms with Gasteiger partial charge in [-0.3, -0.25) is 9.59 Å². The fourth-order valence-electron chi connectivity index (χ4n) is 8.44. The number of hydrogen-bond donors (Lipinski definition) is 8. The minimum atomic E-state index is -3.00. The predicted molar refractivity (Wildman–Crippen MR) is 172 cm³/mol. The summed E-state index contributed by atoms with van der Waals surface area (Å²) >= 11 is 0. The summed E-state index contributed by atoms with van der Waals surface area (Å²) in [5, 5.41) is 68.8. The maximum Gasteiger partial charge on any atom is 0.335 e. The van der Waals surface area contributed by atoms with Crippen molar-refractivity contribution in [1.82, 2.24) is 5.32 Å². The molecule has 9 N–H and O–H groups in total. The largest absolute Gasteiger partial charge is 0.479 e. The Morgan fingerprint density at radius 2 is 1.84 bits per heavy atom. The Hall–Kier alpha value is -2.47. The highest BCUT2D eigenvalue weighted by Gasteiger charge is 2.67. The average molecular weight is 695 g/mol. The molecule has 3 aliphatic heterocycles. The van der Waals surface area contributed by atoms with E-state index in [1.165, 1.54) is 0 Å². The number of nitrogens with one attached hydrogen (secondary N) is 1. The Balaban J connectivity index is 1.33. The van der Waals surface area contributed by atoms with Crippen molar-refractivity contribution in [2.45, 2.75) is 125 Å². The zero-order valence-electron chi connectivity index (χ0n) is 28.0. The molecule has 4 fully saturated rings. The van der Waals surface area contributed by atoms with Crippen LogP contribution in [0.1, 0.15) is 65.2 Å². The van der Waals surface area contributed by atoms with Gasteiger partial charge >= 0.3 is 5.97 Å². The minimum absolute atomic E-state index is 0.0450. The molecule has 15 heteroatoms. The summed E-state index contributed by atoms with van der Waals surface area (Å²) in [5.41, 5.74) is 1.14. The SMILES string of the molecule is CC(C)[C@H](CNC[C@@]1(O)[C@H](OC2CCC3C(C2)OC(C(N)=O)C(C2CCC(O)CC2)C3O)O[C@H](C(=O)O)[C@@H](O)[C@@]1(O)C=O)CC1=C[CH+]N=C1. The molecule has 3 heterocycles. The molecule has 2 aliphatic carbocycles. The van der Waals surface area contributed by atoms with Gasteiger partial charge in [-0.2, -0.15) is 0 Å². The molecule has 2 saturated carbocycles. The van der Waals surface area contributed by atoms with E-state index in [0.29, 0.717) is 51.5 Å². The maximum atomic E-state index is 12.6. The van der Waals surface area contributed by atoms with Crippen LogP contribution in [0.15, 0.2) is 16.6 Å². The lowest BCUT2D eigenvalue weighted by Crippen LogP contribution is -2.79. The van der Waals surface area contributed by atoms with Gasteiger partial charge in [0.2, 0.25) is 5.91 Å². The zero-order chi connectivity index (χ0) is 35.7. The molecule has 0 aromatic rings. The molecule has 0 radical (unpaired) electrons. The van der Waals surface area contributed by atoms with Crippen LogP contribution in [0.2, 0.25) is 0 Å². The smallest absolute Gasteiger partial charge is 0.335 e. The normalized spacial score (nSPS) is 42.9. The number of aliphatic hydroxyl groups is 5. The number of carbonyl (C=O) groups excluding carboxylic acids is 2. The summed E-state index contributed by atoms with van der Waals surface area (Å²) in [6.45, 7) is 5.56. The summed E-state index contributed by atoms with van der Waals surface area (Å²) in [6, 6.07) is 0. The minimum Gasteiger partial charge on any atom is -0.479 e. The van der Waals surface area contributed by atoms with E-state index in [-0.39, 0.29) is 36.4 Å². The number of aldehydes is 1. The number of allylic oxidation sites excluding steroid dienone is 1. The summed E-state index contributed by atoms with van der Waals surface area (Å²) in [5.74, 6) is -3.11. The number of carbonyl (C=O) groups is 3. The van der Waals surface area contributed by atoms with Crippen molar-refractivity contribution in [3.63, 3.8) is 0 Å². The second-order valence-corrected chi connectivity index (χ2v) is 14.9. The molecule has 15 nitrogen and oxygen atoms in total. The molecule has 0 bridgehead atoms. The lowest BCUT2D eigenvalue weighted by molar-refractivity contribution is -0.363. The van der Waals surface area contributed by atoms with Crippen LogP contribution in [-0.4, -0.2) is 128 Å². The van der Waals surface area contributed by atoms with E-state index >= 15 is 0 Å². The van der Waals surface area contributed by atoms with Crippen LogP contribution in [0.4, 0.5) is 0 Å². The molecule has 0 aromatic heterocycles. The lowest BCUT2D eigenvalue weighted by Gasteiger charge is -2.54. The number of carboxylic acid groups (broad SMARTS) is 1. The topological polar surface area (TPSA) is 251 Å². The summed E-state index contributed by atoms with van der Waals surface area (Å²) in [6.07, 6.45) is -2.78. The fraction of sp³-hybridized carbons (Fsp3) is 0.794. The van der Waals surface area contributed by atoms with Crippen molar-refractivity contribution in [2.24, 2.45) is 40.3 Å².